The molecule has 1 amide bonds. The van der Waals surface area contributed by atoms with Gasteiger partial charge < -0.3 is 20.3 Å². The van der Waals surface area contributed by atoms with Crippen molar-refractivity contribution in [2.45, 2.75) is 32.9 Å². The Hall–Kier alpha value is -2.93. The molecular weight excluding hydrogens is 407 g/mol. The van der Waals surface area contributed by atoms with Crippen LogP contribution in [-0.4, -0.2) is 50.1 Å². The molecule has 7 heteroatoms. The van der Waals surface area contributed by atoms with E-state index in [1.54, 1.807) is 19.2 Å². The van der Waals surface area contributed by atoms with Crippen LogP contribution in [0.1, 0.15) is 30.0 Å². The van der Waals surface area contributed by atoms with Gasteiger partial charge in [-0.15, -0.1) is 0 Å². The zero-order valence-corrected chi connectivity index (χ0v) is 18.9. The highest BCUT2D eigenvalue weighted by Crippen LogP contribution is 2.18. The Bertz CT molecular complexity index is 904. The number of guanidine groups is 1. The number of likely N-dealkylation sites (tertiary alicyclic amines) is 1. The van der Waals surface area contributed by atoms with Crippen molar-refractivity contribution < 1.29 is 13.9 Å². The summed E-state index contributed by atoms with van der Waals surface area (Å²) < 4.78 is 18.9. The zero-order chi connectivity index (χ0) is 22.8. The first kappa shape index (κ1) is 23.7. The molecule has 1 heterocycles. The smallest absolute Gasteiger partial charge is 0.223 e. The molecule has 0 bridgehead atoms. The molecule has 0 aromatic heterocycles. The van der Waals surface area contributed by atoms with Crippen LogP contribution in [0.3, 0.4) is 0 Å². The Morgan fingerprint density at radius 2 is 2.00 bits per heavy atom. The third kappa shape index (κ3) is 7.05. The monoisotopic (exact) mass is 440 g/mol. The van der Waals surface area contributed by atoms with E-state index in [1.165, 1.54) is 11.6 Å². The minimum absolute atomic E-state index is 0.214. The number of methoxy groups -OCH3 is 1. The van der Waals surface area contributed by atoms with Gasteiger partial charge in [0.2, 0.25) is 5.91 Å². The van der Waals surface area contributed by atoms with Crippen LogP contribution in [0.4, 0.5) is 4.39 Å². The number of carbonyl (C=O) groups is 1. The SMILES string of the molecule is CCNC(=NCc1ccc(F)c(COC)c1)NCC1CC(=O)N(CCc2ccccc2)C1. The van der Waals surface area contributed by atoms with E-state index >= 15 is 0 Å². The van der Waals surface area contributed by atoms with E-state index < -0.39 is 0 Å². The van der Waals surface area contributed by atoms with Gasteiger partial charge in [0.05, 0.1) is 13.2 Å². The number of hydrogen-bond acceptors (Lipinski definition) is 3. The Balaban J connectivity index is 1.50. The fourth-order valence-electron chi connectivity index (χ4n) is 3.86. The van der Waals surface area contributed by atoms with E-state index in [9.17, 15) is 9.18 Å². The maximum atomic E-state index is 13.8. The van der Waals surface area contributed by atoms with Crippen molar-refractivity contribution in [1.82, 2.24) is 15.5 Å². The number of hydrogen-bond donors (Lipinski definition) is 2. The van der Waals surface area contributed by atoms with Crippen molar-refractivity contribution in [3.63, 3.8) is 0 Å². The fraction of sp³-hybridized carbons (Fsp3) is 0.440. The quantitative estimate of drug-likeness (QED) is 0.440. The van der Waals surface area contributed by atoms with Crippen LogP contribution in [0.15, 0.2) is 53.5 Å². The van der Waals surface area contributed by atoms with Crippen LogP contribution in [0, 0.1) is 11.7 Å². The summed E-state index contributed by atoms with van der Waals surface area (Å²) in [6, 6.07) is 15.2. The topological polar surface area (TPSA) is 66.0 Å². The van der Waals surface area contributed by atoms with Gasteiger partial charge >= 0.3 is 0 Å². The maximum absolute atomic E-state index is 13.8. The highest BCUT2D eigenvalue weighted by Gasteiger charge is 2.29. The Morgan fingerprint density at radius 3 is 2.75 bits per heavy atom. The Kier molecular flexibility index (Phi) is 9.04. The summed E-state index contributed by atoms with van der Waals surface area (Å²) in [4.78, 5) is 19.0. The van der Waals surface area contributed by atoms with E-state index in [2.05, 4.69) is 27.8 Å². The number of halogens is 1. The molecule has 1 saturated heterocycles. The standard InChI is InChI=1S/C25H33FN4O2/c1-3-27-25(28-15-20-9-10-23(26)22(13-20)18-32-2)29-16-21-14-24(31)30(17-21)12-11-19-7-5-4-6-8-19/h4-10,13,21H,3,11-12,14-18H2,1-2H3,(H2,27,28,29). The van der Waals surface area contributed by atoms with Gasteiger partial charge in [-0.05, 0) is 36.6 Å². The van der Waals surface area contributed by atoms with Crippen LogP contribution < -0.4 is 10.6 Å². The number of carbonyl (C=O) groups excluding carboxylic acids is 1. The van der Waals surface area contributed by atoms with E-state index in [-0.39, 0.29) is 24.2 Å². The average molecular weight is 441 g/mol. The molecule has 2 aromatic rings. The lowest BCUT2D eigenvalue weighted by molar-refractivity contribution is -0.127. The van der Waals surface area contributed by atoms with E-state index in [1.807, 2.05) is 30.0 Å². The summed E-state index contributed by atoms with van der Waals surface area (Å²) in [5, 5.41) is 6.60. The first-order valence-corrected chi connectivity index (χ1v) is 11.2. The second-order valence-electron chi connectivity index (χ2n) is 8.08. The normalized spacial score (nSPS) is 16.5. The molecule has 1 unspecified atom stereocenters. The third-order valence-corrected chi connectivity index (χ3v) is 5.54. The van der Waals surface area contributed by atoms with Gasteiger partial charge in [0.15, 0.2) is 5.96 Å². The molecular formula is C25H33FN4O2. The Labute approximate surface area is 189 Å². The molecule has 1 aliphatic rings. The van der Waals surface area contributed by atoms with Crippen LogP contribution in [0.2, 0.25) is 0 Å². The van der Waals surface area contributed by atoms with Gasteiger partial charge in [-0.25, -0.2) is 9.38 Å². The molecule has 32 heavy (non-hydrogen) atoms. The second-order valence-corrected chi connectivity index (χ2v) is 8.08. The fourth-order valence-corrected chi connectivity index (χ4v) is 3.86. The van der Waals surface area contributed by atoms with Crippen molar-refractivity contribution in [3.05, 3.63) is 71.0 Å². The number of amides is 1. The highest BCUT2D eigenvalue weighted by molar-refractivity contribution is 5.81. The Morgan fingerprint density at radius 1 is 1.19 bits per heavy atom. The summed E-state index contributed by atoms with van der Waals surface area (Å²) in [6.45, 7) is 5.60. The summed E-state index contributed by atoms with van der Waals surface area (Å²) >= 11 is 0. The van der Waals surface area contributed by atoms with Gasteiger partial charge in [0.1, 0.15) is 5.82 Å². The number of benzene rings is 2. The first-order chi connectivity index (χ1) is 15.6. The number of aliphatic imine (C=N–C) groups is 1. The second kappa shape index (κ2) is 12.2. The molecule has 0 aliphatic carbocycles. The average Bonchev–Trinajstić information content (AvgIpc) is 3.16. The molecule has 1 atom stereocenters. The number of nitrogens with zero attached hydrogens (tertiary/aromatic N) is 2. The zero-order valence-electron chi connectivity index (χ0n) is 18.9. The van der Waals surface area contributed by atoms with Crippen LogP contribution in [0.5, 0.6) is 0 Å². The first-order valence-electron chi connectivity index (χ1n) is 11.2. The molecule has 172 valence electrons. The van der Waals surface area contributed by atoms with Crippen molar-refractivity contribution in [2.24, 2.45) is 10.9 Å². The predicted octanol–water partition coefficient (Wildman–Crippen LogP) is 3.12. The summed E-state index contributed by atoms with van der Waals surface area (Å²) in [7, 11) is 1.55. The van der Waals surface area contributed by atoms with Crippen molar-refractivity contribution in [1.29, 1.82) is 0 Å². The van der Waals surface area contributed by atoms with Crippen molar-refractivity contribution >= 4 is 11.9 Å². The maximum Gasteiger partial charge on any atom is 0.223 e. The summed E-state index contributed by atoms with van der Waals surface area (Å²) in [5.41, 5.74) is 2.69. The van der Waals surface area contributed by atoms with Gasteiger partial charge in [0, 0.05) is 51.2 Å². The van der Waals surface area contributed by atoms with E-state index in [0.717, 1.165) is 31.6 Å². The lowest BCUT2D eigenvalue weighted by atomic mass is 10.1. The highest BCUT2D eigenvalue weighted by atomic mass is 19.1. The minimum Gasteiger partial charge on any atom is -0.380 e. The number of nitrogens with one attached hydrogen (secondary N) is 2. The van der Waals surface area contributed by atoms with Crippen molar-refractivity contribution in [3.8, 4) is 0 Å². The van der Waals surface area contributed by atoms with Gasteiger partial charge in [-0.2, -0.15) is 0 Å². The molecule has 2 aromatic carbocycles. The molecule has 2 N–H and O–H groups in total. The van der Waals surface area contributed by atoms with Gasteiger partial charge in [0.25, 0.3) is 0 Å². The third-order valence-electron chi connectivity index (χ3n) is 5.54. The minimum atomic E-state index is -0.271. The lowest BCUT2D eigenvalue weighted by Crippen LogP contribution is -2.40. The molecule has 0 radical (unpaired) electrons. The summed E-state index contributed by atoms with van der Waals surface area (Å²) in [6.07, 6.45) is 1.43. The van der Waals surface area contributed by atoms with Crippen LogP contribution in [0.25, 0.3) is 0 Å². The molecule has 3 rings (SSSR count). The number of rotatable bonds is 10. The van der Waals surface area contributed by atoms with E-state index in [4.69, 9.17) is 4.74 Å². The molecule has 6 nitrogen and oxygen atoms in total. The molecule has 0 spiro atoms. The van der Waals surface area contributed by atoms with Gasteiger partial charge in [-0.1, -0.05) is 36.4 Å². The van der Waals surface area contributed by atoms with E-state index in [0.29, 0.717) is 31.0 Å². The summed E-state index contributed by atoms with van der Waals surface area (Å²) in [5.74, 6) is 0.889. The van der Waals surface area contributed by atoms with Gasteiger partial charge in [-0.3, -0.25) is 4.79 Å². The predicted molar refractivity (Wildman–Crippen MR) is 125 cm³/mol. The van der Waals surface area contributed by atoms with Crippen LogP contribution >= 0.6 is 0 Å². The number of ether oxygens (including phenoxy) is 1. The van der Waals surface area contributed by atoms with Crippen LogP contribution in [-0.2, 0) is 29.1 Å². The molecule has 1 fully saturated rings. The molecule has 1 aliphatic heterocycles. The largest absolute Gasteiger partial charge is 0.380 e. The van der Waals surface area contributed by atoms with Crippen molar-refractivity contribution in [2.75, 3.05) is 33.3 Å². The molecule has 0 saturated carbocycles. The lowest BCUT2D eigenvalue weighted by Gasteiger charge is -2.18.